The van der Waals surface area contributed by atoms with Crippen LogP contribution in [-0.2, 0) is 6.54 Å². The average molecular weight is 264 g/mol. The second-order valence-corrected chi connectivity index (χ2v) is 5.67. The second-order valence-electron chi connectivity index (χ2n) is 4.26. The van der Waals surface area contributed by atoms with Crippen molar-refractivity contribution in [2.75, 3.05) is 19.3 Å². The van der Waals surface area contributed by atoms with Gasteiger partial charge in [-0.2, -0.15) is 11.8 Å². The molecule has 0 aliphatic carbocycles. The predicted molar refractivity (Wildman–Crippen MR) is 77.9 cm³/mol. The van der Waals surface area contributed by atoms with Crippen LogP contribution in [0, 0.1) is 0 Å². The lowest BCUT2D eigenvalue weighted by atomic mass is 10.2. The van der Waals surface area contributed by atoms with Crippen LogP contribution in [0.5, 0.6) is 0 Å². The number of guanidine groups is 1. The zero-order chi connectivity index (χ0) is 12.6. The predicted octanol–water partition coefficient (Wildman–Crippen LogP) is 1.64. The maximum Gasteiger partial charge on any atom is 0.191 e. The molecule has 0 spiro atoms. The van der Waals surface area contributed by atoms with Gasteiger partial charge in [-0.15, -0.1) is 0 Å². The van der Waals surface area contributed by atoms with Gasteiger partial charge in [0.15, 0.2) is 5.96 Å². The summed E-state index contributed by atoms with van der Waals surface area (Å²) in [5, 5.41) is 7.38. The molecule has 1 aliphatic heterocycles. The summed E-state index contributed by atoms with van der Waals surface area (Å²) in [5.74, 6) is 2.15. The first-order valence-electron chi connectivity index (χ1n) is 6.34. The van der Waals surface area contributed by atoms with Crippen molar-refractivity contribution in [1.29, 1.82) is 0 Å². The molecule has 2 rings (SSSR count). The summed E-state index contributed by atoms with van der Waals surface area (Å²) < 4.78 is 0. The maximum absolute atomic E-state index is 4.27. The molecule has 1 atom stereocenters. The highest BCUT2D eigenvalue weighted by atomic mass is 32.2. The Kier molecular flexibility index (Phi) is 5.33. The summed E-state index contributed by atoms with van der Waals surface area (Å²) in [6.45, 7) is 1.70. The second kappa shape index (κ2) is 7.26. The molecule has 1 aromatic rings. The van der Waals surface area contributed by atoms with E-state index in [1.54, 1.807) is 7.05 Å². The van der Waals surface area contributed by atoms with Crippen molar-refractivity contribution >= 4 is 17.7 Å². The van der Waals surface area contributed by atoms with Crippen molar-refractivity contribution in [3.8, 4) is 0 Å². The zero-order valence-corrected chi connectivity index (χ0v) is 11.5. The van der Waals surface area contributed by atoms with Gasteiger partial charge in [0.1, 0.15) is 0 Å². The number of pyridine rings is 1. The topological polar surface area (TPSA) is 49.3 Å². The molecule has 4 nitrogen and oxygen atoms in total. The highest BCUT2D eigenvalue weighted by Crippen LogP contribution is 2.25. The van der Waals surface area contributed by atoms with Crippen LogP contribution in [0.25, 0.3) is 0 Å². The molecule has 1 saturated heterocycles. The van der Waals surface area contributed by atoms with Crippen LogP contribution in [0.3, 0.4) is 0 Å². The number of aromatic nitrogens is 1. The summed E-state index contributed by atoms with van der Waals surface area (Å²) in [4.78, 5) is 8.49. The van der Waals surface area contributed by atoms with E-state index in [1.165, 1.54) is 18.6 Å². The first-order valence-corrected chi connectivity index (χ1v) is 7.39. The largest absolute Gasteiger partial charge is 0.355 e. The first kappa shape index (κ1) is 13.2. The zero-order valence-electron chi connectivity index (χ0n) is 10.7. The van der Waals surface area contributed by atoms with E-state index in [4.69, 9.17) is 0 Å². The van der Waals surface area contributed by atoms with Crippen LogP contribution in [0.2, 0.25) is 0 Å². The molecule has 0 radical (unpaired) electrons. The van der Waals surface area contributed by atoms with Gasteiger partial charge in [0.05, 0.1) is 12.2 Å². The molecule has 2 N–H and O–H groups in total. The van der Waals surface area contributed by atoms with E-state index in [2.05, 4.69) is 32.4 Å². The van der Waals surface area contributed by atoms with Crippen LogP contribution in [0.15, 0.2) is 29.4 Å². The molecule has 1 aromatic heterocycles. The Labute approximate surface area is 113 Å². The van der Waals surface area contributed by atoms with Gasteiger partial charge in [0.25, 0.3) is 0 Å². The quantitative estimate of drug-likeness (QED) is 0.641. The molecule has 2 heterocycles. The Bertz CT molecular complexity index is 374. The Morgan fingerprint density at radius 1 is 1.50 bits per heavy atom. The highest BCUT2D eigenvalue weighted by Gasteiger charge is 2.15. The molecular formula is C13H20N4S. The van der Waals surface area contributed by atoms with Crippen molar-refractivity contribution in [1.82, 2.24) is 15.6 Å². The van der Waals surface area contributed by atoms with E-state index < -0.39 is 0 Å². The fraction of sp³-hybridized carbons (Fsp3) is 0.538. The van der Waals surface area contributed by atoms with Crippen molar-refractivity contribution in [3.63, 3.8) is 0 Å². The van der Waals surface area contributed by atoms with Crippen molar-refractivity contribution in [3.05, 3.63) is 30.1 Å². The Hall–Kier alpha value is -1.23. The molecule has 98 valence electrons. The third kappa shape index (κ3) is 4.22. The summed E-state index contributed by atoms with van der Waals surface area (Å²) >= 11 is 2.05. The number of aliphatic imine (C=N–C) groups is 1. The van der Waals surface area contributed by atoms with Crippen molar-refractivity contribution < 1.29 is 0 Å². The SMILES string of the molecule is CN=C(NCc1ccccn1)NCC1CCCS1. The summed E-state index contributed by atoms with van der Waals surface area (Å²) in [6, 6.07) is 5.93. The number of thioether (sulfide) groups is 1. The van der Waals surface area contributed by atoms with Gasteiger partial charge >= 0.3 is 0 Å². The highest BCUT2D eigenvalue weighted by molar-refractivity contribution is 8.00. The first-order chi connectivity index (χ1) is 8.88. The number of hydrogen-bond donors (Lipinski definition) is 2. The fourth-order valence-electron chi connectivity index (χ4n) is 1.91. The normalized spacial score (nSPS) is 19.8. The van der Waals surface area contributed by atoms with E-state index in [9.17, 15) is 0 Å². The van der Waals surface area contributed by atoms with E-state index in [0.29, 0.717) is 6.54 Å². The number of hydrogen-bond acceptors (Lipinski definition) is 3. The van der Waals surface area contributed by atoms with Crippen molar-refractivity contribution in [2.24, 2.45) is 4.99 Å². The van der Waals surface area contributed by atoms with E-state index in [0.717, 1.165) is 23.4 Å². The lowest BCUT2D eigenvalue weighted by molar-refractivity contribution is 0.723. The minimum Gasteiger partial charge on any atom is -0.355 e. The van der Waals surface area contributed by atoms with E-state index in [1.807, 2.05) is 24.4 Å². The van der Waals surface area contributed by atoms with Gasteiger partial charge in [0.2, 0.25) is 0 Å². The molecule has 1 unspecified atom stereocenters. The van der Waals surface area contributed by atoms with Crippen molar-refractivity contribution in [2.45, 2.75) is 24.6 Å². The summed E-state index contributed by atoms with van der Waals surface area (Å²) in [5.41, 5.74) is 1.02. The minimum absolute atomic E-state index is 0.707. The van der Waals surface area contributed by atoms with E-state index in [-0.39, 0.29) is 0 Å². The van der Waals surface area contributed by atoms with Gasteiger partial charge in [-0.3, -0.25) is 9.98 Å². The fourth-order valence-corrected chi connectivity index (χ4v) is 3.11. The van der Waals surface area contributed by atoms with Crippen LogP contribution < -0.4 is 10.6 Å². The molecular weight excluding hydrogens is 244 g/mol. The Morgan fingerprint density at radius 2 is 2.44 bits per heavy atom. The smallest absolute Gasteiger partial charge is 0.191 e. The Morgan fingerprint density at radius 3 is 3.11 bits per heavy atom. The van der Waals surface area contributed by atoms with Gasteiger partial charge in [-0.1, -0.05) is 6.07 Å². The minimum atomic E-state index is 0.707. The standard InChI is InChI=1S/C13H20N4S/c1-14-13(17-10-12-6-4-8-18-12)16-9-11-5-2-3-7-15-11/h2-3,5,7,12H,4,6,8-10H2,1H3,(H2,14,16,17). The summed E-state index contributed by atoms with van der Waals surface area (Å²) in [6.07, 6.45) is 4.47. The molecule has 1 fully saturated rings. The third-order valence-electron chi connectivity index (χ3n) is 2.91. The monoisotopic (exact) mass is 264 g/mol. The third-order valence-corrected chi connectivity index (χ3v) is 4.31. The number of rotatable bonds is 4. The van der Waals surface area contributed by atoms with E-state index >= 15 is 0 Å². The molecule has 1 aliphatic rings. The van der Waals surface area contributed by atoms with Gasteiger partial charge in [-0.25, -0.2) is 0 Å². The molecule has 0 amide bonds. The number of nitrogens with one attached hydrogen (secondary N) is 2. The van der Waals surface area contributed by atoms with Crippen LogP contribution in [-0.4, -0.2) is 35.5 Å². The lowest BCUT2D eigenvalue weighted by Crippen LogP contribution is -2.39. The van der Waals surface area contributed by atoms with Crippen LogP contribution in [0.4, 0.5) is 0 Å². The Balaban J connectivity index is 1.72. The molecule has 18 heavy (non-hydrogen) atoms. The molecule has 0 bridgehead atoms. The van der Waals surface area contributed by atoms with Gasteiger partial charge < -0.3 is 10.6 Å². The maximum atomic E-state index is 4.27. The van der Waals surface area contributed by atoms with Crippen LogP contribution >= 0.6 is 11.8 Å². The van der Waals surface area contributed by atoms with Crippen LogP contribution in [0.1, 0.15) is 18.5 Å². The van der Waals surface area contributed by atoms with Gasteiger partial charge in [0, 0.05) is 25.0 Å². The molecule has 5 heteroatoms. The molecule has 0 saturated carbocycles. The average Bonchev–Trinajstić information content (AvgIpc) is 2.93. The summed E-state index contributed by atoms with van der Waals surface area (Å²) in [7, 11) is 1.80. The number of nitrogens with zero attached hydrogens (tertiary/aromatic N) is 2. The molecule has 0 aromatic carbocycles. The lowest BCUT2D eigenvalue weighted by Gasteiger charge is -2.14. The van der Waals surface area contributed by atoms with Gasteiger partial charge in [-0.05, 0) is 30.7 Å².